The third-order valence-electron chi connectivity index (χ3n) is 4.46. The Kier molecular flexibility index (Phi) is 5.38. The average Bonchev–Trinajstić information content (AvgIpc) is 3.26. The van der Waals surface area contributed by atoms with Gasteiger partial charge in [-0.3, -0.25) is 14.6 Å². The van der Waals surface area contributed by atoms with Gasteiger partial charge in [-0.15, -0.1) is 0 Å². The molecule has 0 saturated heterocycles. The minimum absolute atomic E-state index is 0.149. The highest BCUT2D eigenvalue weighted by Gasteiger charge is 2.16. The summed E-state index contributed by atoms with van der Waals surface area (Å²) in [5, 5.41) is 6.97. The first-order chi connectivity index (χ1) is 14.6. The summed E-state index contributed by atoms with van der Waals surface area (Å²) >= 11 is 0. The smallest absolute Gasteiger partial charge is 0.271 e. The fourth-order valence-corrected chi connectivity index (χ4v) is 2.80. The molecule has 3 aromatic rings. The number of hydrazone groups is 1. The fourth-order valence-electron chi connectivity index (χ4n) is 2.80. The summed E-state index contributed by atoms with van der Waals surface area (Å²) in [4.78, 5) is 28.4. The molecule has 30 heavy (non-hydrogen) atoms. The molecule has 0 aliphatic carbocycles. The van der Waals surface area contributed by atoms with E-state index in [1.54, 1.807) is 61.8 Å². The van der Waals surface area contributed by atoms with Crippen molar-refractivity contribution in [2.75, 3.05) is 12.1 Å². The first-order valence-electron chi connectivity index (χ1n) is 9.16. The van der Waals surface area contributed by atoms with Crippen LogP contribution in [0.2, 0.25) is 0 Å². The summed E-state index contributed by atoms with van der Waals surface area (Å²) in [6, 6.07) is 15.4. The molecule has 4 rings (SSSR count). The molecule has 150 valence electrons. The number of carbonyl (C=O) groups is 2. The maximum absolute atomic E-state index is 12.3. The number of pyridine rings is 1. The number of benzene rings is 2. The summed E-state index contributed by atoms with van der Waals surface area (Å²) in [6.45, 7) is 1.93. The molecule has 8 nitrogen and oxygen atoms in total. The van der Waals surface area contributed by atoms with Gasteiger partial charge in [0.25, 0.3) is 11.8 Å². The molecule has 2 amide bonds. The molecule has 2 aromatic carbocycles. The van der Waals surface area contributed by atoms with E-state index >= 15 is 0 Å². The van der Waals surface area contributed by atoms with Crippen molar-refractivity contribution in [3.63, 3.8) is 0 Å². The number of rotatable bonds is 5. The molecule has 0 bridgehead atoms. The van der Waals surface area contributed by atoms with Crippen molar-refractivity contribution < 1.29 is 19.1 Å². The lowest BCUT2D eigenvalue weighted by atomic mass is 10.1. The van der Waals surface area contributed by atoms with Crippen molar-refractivity contribution in [3.05, 3.63) is 83.7 Å². The van der Waals surface area contributed by atoms with Gasteiger partial charge in [-0.25, -0.2) is 5.43 Å². The number of nitrogens with zero attached hydrogens (tertiary/aromatic N) is 2. The van der Waals surface area contributed by atoms with E-state index in [0.29, 0.717) is 34.0 Å². The lowest BCUT2D eigenvalue weighted by Gasteiger charge is -2.07. The van der Waals surface area contributed by atoms with Gasteiger partial charge in [0.15, 0.2) is 11.5 Å². The number of anilines is 1. The highest BCUT2D eigenvalue weighted by atomic mass is 16.7. The number of amides is 2. The number of nitrogens with one attached hydrogen (secondary N) is 2. The van der Waals surface area contributed by atoms with E-state index in [0.717, 1.165) is 5.56 Å². The van der Waals surface area contributed by atoms with E-state index < -0.39 is 0 Å². The Balaban J connectivity index is 1.38. The van der Waals surface area contributed by atoms with Crippen LogP contribution in [0, 0.1) is 0 Å². The van der Waals surface area contributed by atoms with Crippen LogP contribution in [-0.2, 0) is 0 Å². The van der Waals surface area contributed by atoms with Gasteiger partial charge in [-0.2, -0.15) is 5.10 Å². The summed E-state index contributed by atoms with van der Waals surface area (Å²) < 4.78 is 10.5. The topological polar surface area (TPSA) is 102 Å². The number of ether oxygens (including phenoxy) is 2. The van der Waals surface area contributed by atoms with Crippen LogP contribution in [0.5, 0.6) is 11.5 Å². The Hall–Kier alpha value is -4.20. The summed E-state index contributed by atoms with van der Waals surface area (Å²) in [5.41, 5.74) is 5.56. The van der Waals surface area contributed by atoms with E-state index in [9.17, 15) is 9.59 Å². The molecule has 0 radical (unpaired) electrons. The number of carbonyl (C=O) groups excluding carboxylic acids is 2. The summed E-state index contributed by atoms with van der Waals surface area (Å²) in [5.74, 6) is 0.579. The van der Waals surface area contributed by atoms with Gasteiger partial charge in [-0.05, 0) is 55.0 Å². The average molecular weight is 402 g/mol. The van der Waals surface area contributed by atoms with Crippen molar-refractivity contribution in [1.29, 1.82) is 0 Å². The van der Waals surface area contributed by atoms with Crippen molar-refractivity contribution in [1.82, 2.24) is 10.4 Å². The molecule has 0 unspecified atom stereocenters. The number of fused-ring (bicyclic) bond motifs is 1. The molecule has 0 fully saturated rings. The van der Waals surface area contributed by atoms with Crippen LogP contribution < -0.4 is 20.2 Å². The summed E-state index contributed by atoms with van der Waals surface area (Å²) in [7, 11) is 0. The maximum Gasteiger partial charge on any atom is 0.271 e. The van der Waals surface area contributed by atoms with Gasteiger partial charge < -0.3 is 14.8 Å². The van der Waals surface area contributed by atoms with Gasteiger partial charge in [0.05, 0.1) is 5.71 Å². The Morgan fingerprint density at radius 1 is 0.867 bits per heavy atom. The molecule has 1 aliphatic rings. The van der Waals surface area contributed by atoms with Gasteiger partial charge in [-0.1, -0.05) is 12.1 Å². The SMILES string of the molecule is C/C(=N/NC(=O)c1ccc2c(c1)OCO2)c1ccc(NC(=O)c2ccncc2)cc1. The van der Waals surface area contributed by atoms with E-state index in [1.807, 2.05) is 12.1 Å². The van der Waals surface area contributed by atoms with Gasteiger partial charge >= 0.3 is 0 Å². The summed E-state index contributed by atoms with van der Waals surface area (Å²) in [6.07, 6.45) is 3.13. The zero-order valence-electron chi connectivity index (χ0n) is 16.1. The minimum atomic E-state index is -0.353. The highest BCUT2D eigenvalue weighted by Crippen LogP contribution is 2.32. The molecule has 0 spiro atoms. The van der Waals surface area contributed by atoms with E-state index in [2.05, 4.69) is 20.8 Å². The second kappa shape index (κ2) is 8.44. The van der Waals surface area contributed by atoms with Crippen LogP contribution in [0.3, 0.4) is 0 Å². The third-order valence-corrected chi connectivity index (χ3v) is 4.46. The molecule has 2 heterocycles. The first kappa shape index (κ1) is 19.1. The Morgan fingerprint density at radius 2 is 1.57 bits per heavy atom. The van der Waals surface area contributed by atoms with Crippen LogP contribution in [-0.4, -0.2) is 29.3 Å². The highest BCUT2D eigenvalue weighted by molar-refractivity contribution is 6.05. The zero-order valence-corrected chi connectivity index (χ0v) is 16.1. The zero-order chi connectivity index (χ0) is 20.9. The van der Waals surface area contributed by atoms with Crippen LogP contribution in [0.1, 0.15) is 33.2 Å². The molecule has 8 heteroatoms. The molecule has 1 aromatic heterocycles. The van der Waals surface area contributed by atoms with Crippen molar-refractivity contribution >= 4 is 23.2 Å². The Labute approximate surface area is 172 Å². The van der Waals surface area contributed by atoms with Gasteiger partial charge in [0.2, 0.25) is 6.79 Å². The molecular formula is C22H18N4O4. The number of aromatic nitrogens is 1. The Bertz CT molecular complexity index is 1110. The van der Waals surface area contributed by atoms with Crippen molar-refractivity contribution in [2.24, 2.45) is 5.10 Å². The van der Waals surface area contributed by atoms with Gasteiger partial charge in [0.1, 0.15) is 0 Å². The number of hydrogen-bond donors (Lipinski definition) is 2. The molecular weight excluding hydrogens is 384 g/mol. The second-order valence-electron chi connectivity index (χ2n) is 6.47. The molecule has 0 atom stereocenters. The largest absolute Gasteiger partial charge is 0.454 e. The molecule has 1 aliphatic heterocycles. The predicted molar refractivity (Wildman–Crippen MR) is 111 cm³/mol. The van der Waals surface area contributed by atoms with Crippen molar-refractivity contribution in [2.45, 2.75) is 6.92 Å². The predicted octanol–water partition coefficient (Wildman–Crippen LogP) is 3.22. The van der Waals surface area contributed by atoms with Crippen LogP contribution in [0.4, 0.5) is 5.69 Å². The first-order valence-corrected chi connectivity index (χ1v) is 9.16. The van der Waals surface area contributed by atoms with Crippen LogP contribution in [0.25, 0.3) is 0 Å². The monoisotopic (exact) mass is 402 g/mol. The normalized spacial score (nSPS) is 12.4. The lowest BCUT2D eigenvalue weighted by molar-refractivity contribution is 0.0953. The standard InChI is InChI=1S/C22H18N4O4/c1-14(25-26-22(28)17-4-7-19-20(12-17)30-13-29-19)15-2-5-18(6-3-15)24-21(27)16-8-10-23-11-9-16/h2-12H,13H2,1H3,(H,24,27)(H,26,28)/b25-14-. The Morgan fingerprint density at radius 3 is 2.33 bits per heavy atom. The minimum Gasteiger partial charge on any atom is -0.454 e. The van der Waals surface area contributed by atoms with E-state index in [1.165, 1.54) is 0 Å². The van der Waals surface area contributed by atoms with Gasteiger partial charge in [0, 0.05) is 29.2 Å². The van der Waals surface area contributed by atoms with E-state index in [-0.39, 0.29) is 18.6 Å². The van der Waals surface area contributed by atoms with Crippen LogP contribution in [0.15, 0.2) is 72.1 Å². The molecule has 0 saturated carbocycles. The number of hydrogen-bond acceptors (Lipinski definition) is 6. The maximum atomic E-state index is 12.3. The quantitative estimate of drug-likeness (QED) is 0.504. The van der Waals surface area contributed by atoms with Crippen LogP contribution >= 0.6 is 0 Å². The van der Waals surface area contributed by atoms with E-state index in [4.69, 9.17) is 9.47 Å². The lowest BCUT2D eigenvalue weighted by Crippen LogP contribution is -2.19. The molecule has 2 N–H and O–H groups in total. The second-order valence-corrected chi connectivity index (χ2v) is 6.47. The third kappa shape index (κ3) is 4.27. The fraction of sp³-hybridized carbons (Fsp3) is 0.0909. The van der Waals surface area contributed by atoms with Crippen molar-refractivity contribution in [3.8, 4) is 11.5 Å².